The van der Waals surface area contributed by atoms with Gasteiger partial charge in [0, 0.05) is 41.9 Å². The molecule has 1 saturated heterocycles. The molecular formula is C20H21ClN4O4. The average molecular weight is 417 g/mol. The minimum absolute atomic E-state index is 0.0952. The summed E-state index contributed by atoms with van der Waals surface area (Å²) in [5, 5.41) is 0.566. The first-order valence-electron chi connectivity index (χ1n) is 9.23. The van der Waals surface area contributed by atoms with Gasteiger partial charge < -0.3 is 9.47 Å². The minimum atomic E-state index is -0.498. The summed E-state index contributed by atoms with van der Waals surface area (Å²) in [4.78, 5) is 50.0. The predicted octanol–water partition coefficient (Wildman–Crippen LogP) is 1.20. The van der Waals surface area contributed by atoms with Crippen molar-refractivity contribution in [1.29, 1.82) is 0 Å². The maximum atomic E-state index is 12.5. The fourth-order valence-corrected chi connectivity index (χ4v) is 3.26. The molecule has 2 N–H and O–H groups in total. The lowest BCUT2D eigenvalue weighted by atomic mass is 9.95. The number of carbonyl (C=O) groups is 3. The highest BCUT2D eigenvalue weighted by atomic mass is 35.5. The lowest BCUT2D eigenvalue weighted by molar-refractivity contribution is -0.132. The molecule has 0 atom stereocenters. The zero-order chi connectivity index (χ0) is 20.8. The fourth-order valence-electron chi connectivity index (χ4n) is 3.14. The van der Waals surface area contributed by atoms with Gasteiger partial charge in [-0.05, 0) is 43.2 Å². The molecule has 9 heteroatoms. The first-order valence-corrected chi connectivity index (χ1v) is 9.61. The number of nitrogens with zero attached hydrogens (tertiary/aromatic N) is 2. The van der Waals surface area contributed by atoms with Gasteiger partial charge in [-0.15, -0.1) is 0 Å². The van der Waals surface area contributed by atoms with Gasteiger partial charge in [0.15, 0.2) is 0 Å². The van der Waals surface area contributed by atoms with E-state index in [4.69, 9.17) is 11.6 Å². The number of hydrazine groups is 1. The van der Waals surface area contributed by atoms with Gasteiger partial charge in [-0.2, -0.15) is 0 Å². The third-order valence-corrected chi connectivity index (χ3v) is 5.03. The number of hydrogen-bond acceptors (Lipinski definition) is 4. The molecule has 1 aromatic carbocycles. The molecule has 3 amide bonds. The lowest BCUT2D eigenvalue weighted by Crippen LogP contribution is -2.49. The molecule has 0 bridgehead atoms. The third-order valence-electron chi connectivity index (χ3n) is 4.78. The molecule has 0 spiro atoms. The van der Waals surface area contributed by atoms with Gasteiger partial charge in [0.1, 0.15) is 6.54 Å². The molecule has 8 nitrogen and oxygen atoms in total. The molecule has 1 aromatic heterocycles. The van der Waals surface area contributed by atoms with Crippen molar-refractivity contribution in [1.82, 2.24) is 20.3 Å². The van der Waals surface area contributed by atoms with Crippen molar-refractivity contribution in [2.24, 2.45) is 5.92 Å². The topological polar surface area (TPSA) is 101 Å². The van der Waals surface area contributed by atoms with Crippen LogP contribution in [-0.4, -0.2) is 40.3 Å². The van der Waals surface area contributed by atoms with Crippen LogP contribution in [0, 0.1) is 5.92 Å². The van der Waals surface area contributed by atoms with Gasteiger partial charge in [0.25, 0.3) is 17.4 Å². The molecule has 29 heavy (non-hydrogen) atoms. The molecule has 0 unspecified atom stereocenters. The molecule has 1 aliphatic rings. The number of benzene rings is 1. The standard InChI is InChI=1S/C20H21ClN4O4/c21-16-6-4-15(5-7-16)20(29)24-11-8-14(9-12-24)19(28)23-22-17(26)13-25-10-2-1-3-18(25)27/h1-7,10,14H,8-9,11-13H2,(H,22,26)(H,23,28). The summed E-state index contributed by atoms with van der Waals surface area (Å²) in [5.41, 5.74) is 4.99. The van der Waals surface area contributed by atoms with Gasteiger partial charge in [-0.3, -0.25) is 30.0 Å². The Kier molecular flexibility index (Phi) is 6.66. The highest BCUT2D eigenvalue weighted by molar-refractivity contribution is 6.30. The van der Waals surface area contributed by atoms with Crippen molar-refractivity contribution in [2.75, 3.05) is 13.1 Å². The summed E-state index contributed by atoms with van der Waals surface area (Å²) in [6, 6.07) is 11.3. The summed E-state index contributed by atoms with van der Waals surface area (Å²) in [6.07, 6.45) is 2.50. The Hall–Kier alpha value is -3.13. The normalized spacial score (nSPS) is 14.3. The third kappa shape index (κ3) is 5.45. The second-order valence-corrected chi connectivity index (χ2v) is 7.21. The summed E-state index contributed by atoms with van der Waals surface area (Å²) in [5.74, 6) is -1.20. The van der Waals surface area contributed by atoms with Crippen LogP contribution in [0.15, 0.2) is 53.5 Å². The van der Waals surface area contributed by atoms with E-state index in [1.165, 1.54) is 16.8 Å². The van der Waals surface area contributed by atoms with Crippen LogP contribution in [0.4, 0.5) is 0 Å². The van der Waals surface area contributed by atoms with E-state index < -0.39 is 5.91 Å². The van der Waals surface area contributed by atoms with Crippen molar-refractivity contribution in [3.05, 3.63) is 69.6 Å². The first-order chi connectivity index (χ1) is 13.9. The highest BCUT2D eigenvalue weighted by Crippen LogP contribution is 2.20. The molecular weight excluding hydrogens is 396 g/mol. The summed E-state index contributed by atoms with van der Waals surface area (Å²) >= 11 is 5.84. The largest absolute Gasteiger partial charge is 0.339 e. The Morgan fingerprint density at radius 2 is 1.69 bits per heavy atom. The van der Waals surface area contributed by atoms with E-state index >= 15 is 0 Å². The van der Waals surface area contributed by atoms with Gasteiger partial charge in [0.05, 0.1) is 0 Å². The van der Waals surface area contributed by atoms with Gasteiger partial charge in [-0.1, -0.05) is 17.7 Å². The van der Waals surface area contributed by atoms with Crippen molar-refractivity contribution < 1.29 is 14.4 Å². The van der Waals surface area contributed by atoms with E-state index in [0.29, 0.717) is 36.5 Å². The minimum Gasteiger partial charge on any atom is -0.339 e. The van der Waals surface area contributed by atoms with Crippen LogP contribution in [0.5, 0.6) is 0 Å². The maximum absolute atomic E-state index is 12.5. The Morgan fingerprint density at radius 1 is 1.00 bits per heavy atom. The van der Waals surface area contributed by atoms with Crippen molar-refractivity contribution >= 4 is 29.3 Å². The van der Waals surface area contributed by atoms with Crippen LogP contribution < -0.4 is 16.4 Å². The molecule has 152 valence electrons. The van der Waals surface area contributed by atoms with E-state index in [-0.39, 0.29) is 29.8 Å². The van der Waals surface area contributed by atoms with E-state index in [1.807, 2.05) is 0 Å². The van der Waals surface area contributed by atoms with Gasteiger partial charge in [-0.25, -0.2) is 0 Å². The van der Waals surface area contributed by atoms with E-state index in [1.54, 1.807) is 41.3 Å². The number of nitrogens with one attached hydrogen (secondary N) is 2. The van der Waals surface area contributed by atoms with Crippen LogP contribution in [0.25, 0.3) is 0 Å². The van der Waals surface area contributed by atoms with Crippen molar-refractivity contribution in [2.45, 2.75) is 19.4 Å². The number of pyridine rings is 1. The van der Waals surface area contributed by atoms with Crippen LogP contribution in [-0.2, 0) is 16.1 Å². The van der Waals surface area contributed by atoms with Crippen LogP contribution >= 0.6 is 11.6 Å². The molecule has 3 rings (SSSR count). The maximum Gasteiger partial charge on any atom is 0.258 e. The molecule has 0 radical (unpaired) electrons. The van der Waals surface area contributed by atoms with E-state index in [9.17, 15) is 19.2 Å². The monoisotopic (exact) mass is 416 g/mol. The number of carbonyl (C=O) groups excluding carboxylic acids is 3. The number of aromatic nitrogens is 1. The molecule has 0 saturated carbocycles. The summed E-state index contributed by atoms with van der Waals surface area (Å²) in [7, 11) is 0. The SMILES string of the molecule is O=C(Cn1ccccc1=O)NNC(=O)C1CCN(C(=O)c2ccc(Cl)cc2)CC1. The molecule has 1 fully saturated rings. The molecule has 2 heterocycles. The Bertz CT molecular complexity index is 949. The molecule has 1 aliphatic heterocycles. The fraction of sp³-hybridized carbons (Fsp3) is 0.300. The van der Waals surface area contributed by atoms with Crippen LogP contribution in [0.2, 0.25) is 5.02 Å². The Labute approximate surface area is 172 Å². The zero-order valence-corrected chi connectivity index (χ0v) is 16.4. The van der Waals surface area contributed by atoms with Crippen molar-refractivity contribution in [3.8, 4) is 0 Å². The zero-order valence-electron chi connectivity index (χ0n) is 15.6. The summed E-state index contributed by atoms with van der Waals surface area (Å²) < 4.78 is 1.24. The number of halogens is 1. The quantitative estimate of drug-likeness (QED) is 0.731. The van der Waals surface area contributed by atoms with Gasteiger partial charge in [0.2, 0.25) is 5.91 Å². The average Bonchev–Trinajstić information content (AvgIpc) is 2.74. The number of hydrogen-bond donors (Lipinski definition) is 2. The number of piperidine rings is 1. The van der Waals surface area contributed by atoms with E-state index in [0.717, 1.165) is 0 Å². The second kappa shape index (κ2) is 9.38. The van der Waals surface area contributed by atoms with Crippen LogP contribution in [0.3, 0.4) is 0 Å². The number of rotatable bonds is 4. The highest BCUT2D eigenvalue weighted by Gasteiger charge is 2.28. The van der Waals surface area contributed by atoms with E-state index in [2.05, 4.69) is 10.9 Å². The molecule has 2 aromatic rings. The van der Waals surface area contributed by atoms with Crippen molar-refractivity contribution in [3.63, 3.8) is 0 Å². The smallest absolute Gasteiger partial charge is 0.258 e. The Balaban J connectivity index is 1.44. The first kappa shape index (κ1) is 20.6. The van der Waals surface area contributed by atoms with Gasteiger partial charge >= 0.3 is 0 Å². The lowest BCUT2D eigenvalue weighted by Gasteiger charge is -2.31. The summed E-state index contributed by atoms with van der Waals surface area (Å²) in [6.45, 7) is 0.716. The molecule has 0 aliphatic carbocycles. The second-order valence-electron chi connectivity index (χ2n) is 6.78. The Morgan fingerprint density at radius 3 is 2.34 bits per heavy atom. The predicted molar refractivity (Wildman–Crippen MR) is 107 cm³/mol. The number of likely N-dealkylation sites (tertiary alicyclic amines) is 1. The van der Waals surface area contributed by atoms with Crippen LogP contribution in [0.1, 0.15) is 23.2 Å². The number of amides is 3.